The molecule has 0 spiro atoms. The molecule has 0 aliphatic carbocycles. The minimum atomic E-state index is -1.12. The highest BCUT2D eigenvalue weighted by atomic mass is 16.3. The minimum Gasteiger partial charge on any atom is -0.396 e. The average molecular weight is 894 g/mol. The van der Waals surface area contributed by atoms with Gasteiger partial charge in [0.25, 0.3) is 0 Å². The van der Waals surface area contributed by atoms with E-state index in [0.29, 0.717) is 76.7 Å². The van der Waals surface area contributed by atoms with Crippen molar-refractivity contribution in [3.05, 3.63) is 18.2 Å². The van der Waals surface area contributed by atoms with E-state index in [9.17, 15) is 33.9 Å². The van der Waals surface area contributed by atoms with Gasteiger partial charge < -0.3 is 81.3 Å². The largest absolute Gasteiger partial charge is 0.396 e. The van der Waals surface area contributed by atoms with E-state index in [2.05, 4.69) is 30.6 Å². The molecular formula is C39H75N17O7. The van der Waals surface area contributed by atoms with Crippen molar-refractivity contribution in [1.82, 2.24) is 35.3 Å². The van der Waals surface area contributed by atoms with Crippen LogP contribution in [0.4, 0.5) is 0 Å². The van der Waals surface area contributed by atoms with Gasteiger partial charge in [0.2, 0.25) is 35.4 Å². The minimum absolute atomic E-state index is 0.0170. The number of aliphatic hydroxyl groups is 1. The van der Waals surface area contributed by atoms with Crippen molar-refractivity contribution in [2.24, 2.45) is 55.9 Å². The van der Waals surface area contributed by atoms with E-state index in [-0.39, 0.29) is 108 Å². The number of nitrogens with two attached hydrogens (primary N) is 8. The first-order valence-electron chi connectivity index (χ1n) is 21.7. The molecule has 20 N–H and O–H groups in total. The Balaban J connectivity index is 3.44. The molecule has 24 heteroatoms. The van der Waals surface area contributed by atoms with Crippen molar-refractivity contribution in [2.45, 2.75) is 108 Å². The van der Waals surface area contributed by atoms with E-state index in [0.717, 1.165) is 0 Å². The second kappa shape index (κ2) is 33.0. The number of carbonyl (C=O) groups excluding carboxylic acids is 6. The molecule has 0 aromatic carbocycles. The molecule has 0 saturated heterocycles. The van der Waals surface area contributed by atoms with Crippen LogP contribution in [0, 0.1) is 0 Å². The van der Waals surface area contributed by atoms with Crippen LogP contribution in [-0.4, -0.2) is 167 Å². The number of aliphatic imine (C=N–C) groups is 2. The first-order chi connectivity index (χ1) is 30.2. The number of nitrogens with one attached hydrogen (secondary N) is 3. The number of carbonyl (C=O) groups is 6. The highest BCUT2D eigenvalue weighted by Gasteiger charge is 2.33. The van der Waals surface area contributed by atoms with Crippen molar-refractivity contribution in [2.75, 3.05) is 72.1 Å². The quantitative estimate of drug-likeness (QED) is 0.0172. The number of aromatic amines is 1. The van der Waals surface area contributed by atoms with Crippen LogP contribution in [0.25, 0.3) is 0 Å². The van der Waals surface area contributed by atoms with Gasteiger partial charge >= 0.3 is 0 Å². The van der Waals surface area contributed by atoms with Crippen molar-refractivity contribution in [3.63, 3.8) is 0 Å². The van der Waals surface area contributed by atoms with Crippen LogP contribution in [0.5, 0.6) is 0 Å². The first kappa shape index (κ1) is 55.4. The molecule has 0 bridgehead atoms. The molecule has 358 valence electrons. The fourth-order valence-corrected chi connectivity index (χ4v) is 6.86. The van der Waals surface area contributed by atoms with E-state index >= 15 is 0 Å². The number of primary amides is 1. The summed E-state index contributed by atoms with van der Waals surface area (Å²) in [5, 5.41) is 15.2. The van der Waals surface area contributed by atoms with Crippen molar-refractivity contribution < 1.29 is 33.9 Å². The highest BCUT2D eigenvalue weighted by Crippen LogP contribution is 2.15. The maximum Gasteiger partial charge on any atom is 0.243 e. The van der Waals surface area contributed by atoms with Crippen LogP contribution in [0.1, 0.15) is 89.2 Å². The second-order valence-corrected chi connectivity index (χ2v) is 14.9. The normalized spacial score (nSPS) is 12.3. The lowest BCUT2D eigenvalue weighted by atomic mass is 10.1. The van der Waals surface area contributed by atoms with Gasteiger partial charge in [0, 0.05) is 89.9 Å². The molecule has 63 heavy (non-hydrogen) atoms. The van der Waals surface area contributed by atoms with E-state index in [4.69, 9.17) is 45.9 Å². The SMILES string of the molecule is NCCCCCC(=O)N(CCNC(=O)C(CCCN=C(N)N)N(CCN)C(=O)CCO)C(Cc1cnc[nH]1)C(=O)NCCN(C(=O)CCCCN=C(N)N)C(CCCCN)C(N)=O. The standard InChI is InChI=1S/C39H75N17O7/c40-14-5-1-2-11-33(59)56(23-20-49-36(62)30(10-8-18-52-39(46)47)54(21-16-42)34(60)13-24-57)31(25-28-26-48-27-53-28)37(63)50-19-22-55(29(35(43)61)9-3-6-15-41)32(58)12-4-7-17-51-38(44)45/h26-27,29-31,57H,1-25,40-42H2,(H2,43,61)(H,48,53)(H,49,62)(H,50,63)(H4,44,45,51)(H4,46,47,52). The van der Waals surface area contributed by atoms with Crippen LogP contribution in [0.3, 0.4) is 0 Å². The number of guanidine groups is 2. The number of aliphatic hydroxyl groups excluding tert-OH is 1. The van der Waals surface area contributed by atoms with Crippen LogP contribution in [-0.2, 0) is 35.2 Å². The Morgan fingerprint density at radius 2 is 1.13 bits per heavy atom. The second-order valence-electron chi connectivity index (χ2n) is 14.9. The molecule has 1 aromatic heterocycles. The number of amides is 6. The number of unbranched alkanes of at least 4 members (excludes halogenated alkanes) is 4. The van der Waals surface area contributed by atoms with Gasteiger partial charge in [-0.05, 0) is 70.9 Å². The Hall–Kier alpha value is -5.59. The topological polar surface area (TPSA) is 418 Å². The van der Waals surface area contributed by atoms with E-state index in [1.54, 1.807) is 0 Å². The Morgan fingerprint density at radius 3 is 1.65 bits per heavy atom. The summed E-state index contributed by atoms with van der Waals surface area (Å²) in [7, 11) is 0. The summed E-state index contributed by atoms with van der Waals surface area (Å²) in [4.78, 5) is 100. The Bertz CT molecular complexity index is 1550. The number of H-pyrrole nitrogens is 1. The van der Waals surface area contributed by atoms with Gasteiger partial charge in [-0.3, -0.25) is 38.8 Å². The lowest BCUT2D eigenvalue weighted by molar-refractivity contribution is -0.142. The van der Waals surface area contributed by atoms with E-state index < -0.39 is 48.4 Å². The summed E-state index contributed by atoms with van der Waals surface area (Å²) < 4.78 is 0. The van der Waals surface area contributed by atoms with Gasteiger partial charge in [0.1, 0.15) is 18.1 Å². The van der Waals surface area contributed by atoms with Crippen molar-refractivity contribution in [3.8, 4) is 0 Å². The first-order valence-corrected chi connectivity index (χ1v) is 21.7. The number of imidazole rings is 1. The van der Waals surface area contributed by atoms with Crippen LogP contribution in [0.2, 0.25) is 0 Å². The van der Waals surface area contributed by atoms with E-state index in [1.165, 1.54) is 27.2 Å². The fourth-order valence-electron chi connectivity index (χ4n) is 6.86. The van der Waals surface area contributed by atoms with Crippen LogP contribution >= 0.6 is 0 Å². The summed E-state index contributed by atoms with van der Waals surface area (Å²) in [6.45, 7) is 0.650. The summed E-state index contributed by atoms with van der Waals surface area (Å²) in [6, 6.07) is -3.07. The predicted molar refractivity (Wildman–Crippen MR) is 240 cm³/mol. The molecular weight excluding hydrogens is 819 g/mol. The van der Waals surface area contributed by atoms with Crippen LogP contribution < -0.4 is 56.5 Å². The summed E-state index contributed by atoms with van der Waals surface area (Å²) >= 11 is 0. The molecule has 3 unspecified atom stereocenters. The maximum atomic E-state index is 14.3. The number of hydrogen-bond donors (Lipinski definition) is 12. The third kappa shape index (κ3) is 22.9. The summed E-state index contributed by atoms with van der Waals surface area (Å²) in [6.07, 6.45) is 7.67. The fraction of sp³-hybridized carbons (Fsp3) is 0.718. The Kier molecular flexibility index (Phi) is 29.1. The van der Waals surface area contributed by atoms with Gasteiger partial charge in [0.15, 0.2) is 11.9 Å². The van der Waals surface area contributed by atoms with Gasteiger partial charge in [-0.15, -0.1) is 0 Å². The van der Waals surface area contributed by atoms with Gasteiger partial charge in [-0.2, -0.15) is 0 Å². The zero-order valence-electron chi connectivity index (χ0n) is 36.8. The molecule has 0 saturated carbocycles. The molecule has 1 heterocycles. The Labute approximate surface area is 370 Å². The predicted octanol–water partition coefficient (Wildman–Crippen LogP) is -4.25. The molecule has 1 aromatic rings. The lowest BCUT2D eigenvalue weighted by Gasteiger charge is -2.33. The summed E-state index contributed by atoms with van der Waals surface area (Å²) in [5.74, 6) is -3.16. The highest BCUT2D eigenvalue weighted by molar-refractivity contribution is 5.89. The number of rotatable bonds is 36. The molecule has 6 amide bonds. The zero-order valence-corrected chi connectivity index (χ0v) is 36.8. The van der Waals surface area contributed by atoms with E-state index in [1.807, 2.05) is 0 Å². The molecule has 0 aliphatic rings. The monoisotopic (exact) mass is 894 g/mol. The lowest BCUT2D eigenvalue weighted by Crippen LogP contribution is -2.56. The third-order valence-corrected chi connectivity index (χ3v) is 10.0. The third-order valence-electron chi connectivity index (χ3n) is 10.0. The number of hydrogen-bond acceptors (Lipinski definition) is 13. The van der Waals surface area contributed by atoms with Gasteiger partial charge in [-0.1, -0.05) is 6.42 Å². The zero-order chi connectivity index (χ0) is 47.0. The number of nitrogens with zero attached hydrogens (tertiary/aromatic N) is 6. The summed E-state index contributed by atoms with van der Waals surface area (Å²) in [5.41, 5.74) is 45.3. The number of aromatic nitrogens is 2. The Morgan fingerprint density at radius 1 is 0.619 bits per heavy atom. The average Bonchev–Trinajstić information content (AvgIpc) is 3.76. The molecule has 24 nitrogen and oxygen atoms in total. The smallest absolute Gasteiger partial charge is 0.243 e. The molecule has 0 aliphatic heterocycles. The van der Waals surface area contributed by atoms with Gasteiger partial charge in [-0.25, -0.2) is 4.98 Å². The molecule has 0 fully saturated rings. The molecule has 3 atom stereocenters. The molecule has 0 radical (unpaired) electrons. The van der Waals surface area contributed by atoms with Crippen molar-refractivity contribution in [1.29, 1.82) is 0 Å². The maximum absolute atomic E-state index is 14.3. The molecule has 1 rings (SSSR count). The van der Waals surface area contributed by atoms with Gasteiger partial charge in [0.05, 0.1) is 12.9 Å². The van der Waals surface area contributed by atoms with Crippen molar-refractivity contribution >= 4 is 47.4 Å². The van der Waals surface area contributed by atoms with Crippen LogP contribution in [0.15, 0.2) is 22.5 Å².